The van der Waals surface area contributed by atoms with E-state index in [2.05, 4.69) is 49.3 Å². The average molecular weight is 294 g/mol. The van der Waals surface area contributed by atoms with Crippen molar-refractivity contribution in [2.24, 2.45) is 18.4 Å². The van der Waals surface area contributed by atoms with Crippen molar-refractivity contribution in [3.63, 3.8) is 0 Å². The van der Waals surface area contributed by atoms with Gasteiger partial charge in [-0.1, -0.05) is 41.0 Å². The molecule has 2 rings (SSSR count). The Hall–Kier alpha value is -1.10. The molecule has 20 heavy (non-hydrogen) atoms. The van der Waals surface area contributed by atoms with Gasteiger partial charge in [-0.05, 0) is 30.0 Å². The molecule has 0 saturated heterocycles. The van der Waals surface area contributed by atoms with Crippen molar-refractivity contribution in [1.29, 1.82) is 0 Å². The number of aryl methyl sites for hydroxylation is 2. The van der Waals surface area contributed by atoms with E-state index in [0.717, 1.165) is 41.0 Å². The molecular formula is C15H26N4S. The molecule has 2 aromatic rings. The van der Waals surface area contributed by atoms with E-state index < -0.39 is 0 Å². The number of aromatic nitrogens is 4. The van der Waals surface area contributed by atoms with E-state index in [1.807, 2.05) is 11.7 Å². The highest BCUT2D eigenvalue weighted by Gasteiger charge is 2.23. The lowest BCUT2D eigenvalue weighted by molar-refractivity contribution is 0.233. The van der Waals surface area contributed by atoms with Crippen molar-refractivity contribution >= 4 is 23.4 Å². The van der Waals surface area contributed by atoms with Crippen LogP contribution in [0.5, 0.6) is 0 Å². The fraction of sp³-hybridized carbons (Fsp3) is 0.733. The van der Waals surface area contributed by atoms with E-state index in [1.165, 1.54) is 0 Å². The van der Waals surface area contributed by atoms with Crippen LogP contribution in [0.2, 0.25) is 0 Å². The molecule has 0 aliphatic heterocycles. The molecule has 2 aromatic heterocycles. The lowest BCUT2D eigenvalue weighted by Crippen LogP contribution is -2.23. The minimum atomic E-state index is 0.267. The Morgan fingerprint density at radius 1 is 1.35 bits per heavy atom. The quantitative estimate of drug-likeness (QED) is 0.863. The molecule has 1 N–H and O–H groups in total. The van der Waals surface area contributed by atoms with Gasteiger partial charge in [-0.25, -0.2) is 0 Å². The smallest absolute Gasteiger partial charge is 0.179 e. The van der Waals surface area contributed by atoms with Gasteiger partial charge in [0.25, 0.3) is 0 Å². The number of H-pyrrole nitrogens is 1. The number of aromatic amines is 1. The van der Waals surface area contributed by atoms with Gasteiger partial charge in [-0.3, -0.25) is 4.68 Å². The van der Waals surface area contributed by atoms with E-state index in [1.54, 1.807) is 0 Å². The highest BCUT2D eigenvalue weighted by atomic mass is 32.1. The summed E-state index contributed by atoms with van der Waals surface area (Å²) in [4.78, 5) is 3.35. The third-order valence-corrected chi connectivity index (χ3v) is 4.57. The Morgan fingerprint density at radius 2 is 2.00 bits per heavy atom. The van der Waals surface area contributed by atoms with Crippen molar-refractivity contribution in [1.82, 2.24) is 19.3 Å². The van der Waals surface area contributed by atoms with E-state index in [-0.39, 0.29) is 5.41 Å². The van der Waals surface area contributed by atoms with Crippen LogP contribution in [0.4, 0.5) is 0 Å². The van der Waals surface area contributed by atoms with E-state index in [0.29, 0.717) is 5.92 Å². The van der Waals surface area contributed by atoms with Crippen LogP contribution in [0.3, 0.4) is 0 Å². The number of nitrogens with zero attached hydrogens (tertiary/aromatic N) is 3. The molecule has 0 bridgehead atoms. The molecule has 1 unspecified atom stereocenters. The van der Waals surface area contributed by atoms with Gasteiger partial charge in [0.1, 0.15) is 5.52 Å². The number of imidazole rings is 1. The predicted molar refractivity (Wildman–Crippen MR) is 86.5 cm³/mol. The Balaban J connectivity index is 2.49. The minimum absolute atomic E-state index is 0.267. The minimum Gasteiger partial charge on any atom is -0.328 e. The molecule has 0 amide bonds. The monoisotopic (exact) mass is 294 g/mol. The molecule has 0 saturated carbocycles. The van der Waals surface area contributed by atoms with Gasteiger partial charge in [0.15, 0.2) is 10.4 Å². The van der Waals surface area contributed by atoms with Crippen LogP contribution in [-0.4, -0.2) is 19.3 Å². The topological polar surface area (TPSA) is 38.5 Å². The summed E-state index contributed by atoms with van der Waals surface area (Å²) in [6.45, 7) is 12.2. The van der Waals surface area contributed by atoms with Crippen molar-refractivity contribution in [2.45, 2.75) is 54.0 Å². The van der Waals surface area contributed by atoms with Gasteiger partial charge in [0.05, 0.1) is 5.69 Å². The second-order valence-electron chi connectivity index (χ2n) is 6.83. The van der Waals surface area contributed by atoms with E-state index in [4.69, 9.17) is 12.2 Å². The van der Waals surface area contributed by atoms with Crippen molar-refractivity contribution in [2.75, 3.05) is 0 Å². The van der Waals surface area contributed by atoms with Crippen LogP contribution < -0.4 is 0 Å². The van der Waals surface area contributed by atoms with Gasteiger partial charge >= 0.3 is 0 Å². The zero-order valence-corrected chi connectivity index (χ0v) is 14.3. The molecule has 112 valence electrons. The molecule has 5 heteroatoms. The molecule has 4 nitrogen and oxygen atoms in total. The van der Waals surface area contributed by atoms with Crippen molar-refractivity contribution in [3.8, 4) is 0 Å². The molecule has 0 radical (unpaired) electrons. The lowest BCUT2D eigenvalue weighted by Gasteiger charge is -2.27. The summed E-state index contributed by atoms with van der Waals surface area (Å²) >= 11 is 5.52. The Labute approximate surface area is 126 Å². The standard InChI is InChI=1S/C15H26N4S/c1-7-8-11-12-13(18(6)17-11)19(14(20)16-12)9-10(2)15(3,4)5/h10H,7-9H2,1-6H3,(H,16,20). The van der Waals surface area contributed by atoms with Crippen LogP contribution in [-0.2, 0) is 20.0 Å². The van der Waals surface area contributed by atoms with Gasteiger partial charge in [-0.2, -0.15) is 5.10 Å². The number of fused-ring (bicyclic) bond motifs is 1. The number of hydrogen-bond donors (Lipinski definition) is 1. The van der Waals surface area contributed by atoms with Crippen LogP contribution in [0.25, 0.3) is 11.2 Å². The maximum atomic E-state index is 5.52. The first-order chi connectivity index (χ1) is 9.25. The summed E-state index contributed by atoms with van der Waals surface area (Å²) in [5.74, 6) is 0.540. The summed E-state index contributed by atoms with van der Waals surface area (Å²) in [5, 5.41) is 4.63. The average Bonchev–Trinajstić information content (AvgIpc) is 2.79. The largest absolute Gasteiger partial charge is 0.328 e. The lowest BCUT2D eigenvalue weighted by atomic mass is 9.82. The summed E-state index contributed by atoms with van der Waals surface area (Å²) in [5.41, 5.74) is 3.62. The van der Waals surface area contributed by atoms with Crippen LogP contribution in [0.1, 0.15) is 46.7 Å². The zero-order chi connectivity index (χ0) is 15.1. The Bertz CT molecular complexity index is 654. The number of rotatable bonds is 4. The third-order valence-electron chi connectivity index (χ3n) is 4.24. The van der Waals surface area contributed by atoms with Gasteiger partial charge in [0, 0.05) is 13.6 Å². The van der Waals surface area contributed by atoms with Crippen molar-refractivity contribution in [3.05, 3.63) is 10.5 Å². The predicted octanol–water partition coefficient (Wildman–Crippen LogP) is 4.07. The Morgan fingerprint density at radius 3 is 2.55 bits per heavy atom. The molecule has 0 aromatic carbocycles. The highest BCUT2D eigenvalue weighted by Crippen LogP contribution is 2.28. The molecule has 1 atom stereocenters. The van der Waals surface area contributed by atoms with E-state index >= 15 is 0 Å². The van der Waals surface area contributed by atoms with E-state index in [9.17, 15) is 0 Å². The van der Waals surface area contributed by atoms with Crippen LogP contribution >= 0.6 is 12.2 Å². The first kappa shape index (κ1) is 15.3. The van der Waals surface area contributed by atoms with Crippen molar-refractivity contribution < 1.29 is 0 Å². The molecule has 0 spiro atoms. The first-order valence-electron chi connectivity index (χ1n) is 7.40. The molecular weight excluding hydrogens is 268 g/mol. The SMILES string of the molecule is CCCc1nn(C)c2c1[nH]c(=S)n2CC(C)C(C)(C)C. The number of nitrogens with one attached hydrogen (secondary N) is 1. The maximum Gasteiger partial charge on any atom is 0.179 e. The summed E-state index contributed by atoms with van der Waals surface area (Å²) in [6, 6.07) is 0. The van der Waals surface area contributed by atoms with Gasteiger partial charge in [0.2, 0.25) is 0 Å². The van der Waals surface area contributed by atoms with Gasteiger partial charge < -0.3 is 9.55 Å². The second kappa shape index (κ2) is 5.35. The number of hydrogen-bond acceptors (Lipinski definition) is 2. The Kier molecular flexibility index (Phi) is 4.09. The fourth-order valence-electron chi connectivity index (χ4n) is 2.41. The zero-order valence-electron chi connectivity index (χ0n) is 13.4. The molecule has 0 aliphatic rings. The normalized spacial score (nSPS) is 14.1. The third kappa shape index (κ3) is 2.68. The highest BCUT2D eigenvalue weighted by molar-refractivity contribution is 7.71. The van der Waals surface area contributed by atoms with Crippen LogP contribution in [0, 0.1) is 16.1 Å². The molecule has 0 aliphatic carbocycles. The second-order valence-corrected chi connectivity index (χ2v) is 7.21. The fourth-order valence-corrected chi connectivity index (χ4v) is 2.67. The summed E-state index contributed by atoms with van der Waals surface area (Å²) in [7, 11) is 2.00. The summed E-state index contributed by atoms with van der Waals surface area (Å²) in [6.07, 6.45) is 2.08. The summed E-state index contributed by atoms with van der Waals surface area (Å²) < 4.78 is 4.97. The van der Waals surface area contributed by atoms with Crippen LogP contribution in [0.15, 0.2) is 0 Å². The molecule has 2 heterocycles. The molecule has 0 fully saturated rings. The maximum absolute atomic E-state index is 5.52. The van der Waals surface area contributed by atoms with Gasteiger partial charge in [-0.15, -0.1) is 0 Å². The first-order valence-corrected chi connectivity index (χ1v) is 7.81.